The Kier molecular flexibility index (Phi) is 12.0. The molecular formula is C15H28O. The first-order valence-electron chi connectivity index (χ1n) is 7.00. The first-order valence-corrected chi connectivity index (χ1v) is 7.00. The predicted molar refractivity (Wildman–Crippen MR) is 71.7 cm³/mol. The van der Waals surface area contributed by atoms with Crippen molar-refractivity contribution in [3.05, 3.63) is 12.2 Å². The second-order valence-corrected chi connectivity index (χ2v) is 4.53. The number of ketones is 1. The lowest BCUT2D eigenvalue weighted by Gasteiger charge is -1.97. The molecule has 1 heteroatoms. The summed E-state index contributed by atoms with van der Waals surface area (Å²) in [5, 5.41) is 0. The molecule has 0 aliphatic rings. The second-order valence-electron chi connectivity index (χ2n) is 4.53. The van der Waals surface area contributed by atoms with Crippen LogP contribution in [0, 0.1) is 0 Å². The molecular weight excluding hydrogens is 196 g/mol. The van der Waals surface area contributed by atoms with Crippen LogP contribution in [0.1, 0.15) is 78.1 Å². The zero-order chi connectivity index (χ0) is 12.1. The molecule has 1 nitrogen and oxygen atoms in total. The van der Waals surface area contributed by atoms with E-state index in [4.69, 9.17) is 0 Å². The van der Waals surface area contributed by atoms with Gasteiger partial charge in [-0.15, -0.1) is 0 Å². The van der Waals surface area contributed by atoms with Gasteiger partial charge in [0.25, 0.3) is 0 Å². The van der Waals surface area contributed by atoms with Crippen molar-refractivity contribution in [2.75, 3.05) is 0 Å². The van der Waals surface area contributed by atoms with Crippen molar-refractivity contribution in [1.82, 2.24) is 0 Å². The van der Waals surface area contributed by atoms with E-state index < -0.39 is 0 Å². The van der Waals surface area contributed by atoms with Crippen LogP contribution >= 0.6 is 0 Å². The summed E-state index contributed by atoms with van der Waals surface area (Å²) in [5.41, 5.74) is 0. The number of allylic oxidation sites excluding steroid dienone is 2. The Morgan fingerprint density at radius 2 is 1.50 bits per heavy atom. The molecule has 0 bridgehead atoms. The molecule has 0 spiro atoms. The van der Waals surface area contributed by atoms with Crippen molar-refractivity contribution >= 4 is 5.78 Å². The Balaban J connectivity index is 3.23. The monoisotopic (exact) mass is 224 g/mol. The molecule has 16 heavy (non-hydrogen) atoms. The number of carbonyl (C=O) groups is 1. The number of hydrogen-bond donors (Lipinski definition) is 0. The number of unbranched alkanes of at least 4 members (excludes halogenated alkanes) is 7. The van der Waals surface area contributed by atoms with Crippen LogP contribution in [-0.2, 0) is 4.79 Å². The van der Waals surface area contributed by atoms with Crippen LogP contribution < -0.4 is 0 Å². The maximum Gasteiger partial charge on any atom is 0.155 e. The fourth-order valence-corrected chi connectivity index (χ4v) is 1.69. The van der Waals surface area contributed by atoms with Crippen molar-refractivity contribution in [3.63, 3.8) is 0 Å². The lowest BCUT2D eigenvalue weighted by Crippen LogP contribution is -1.91. The third kappa shape index (κ3) is 11.5. The van der Waals surface area contributed by atoms with Crippen LogP contribution in [0.3, 0.4) is 0 Å². The molecule has 0 aromatic carbocycles. The molecule has 0 aromatic heterocycles. The van der Waals surface area contributed by atoms with Gasteiger partial charge in [-0.2, -0.15) is 0 Å². The van der Waals surface area contributed by atoms with Crippen molar-refractivity contribution in [2.45, 2.75) is 78.1 Å². The van der Waals surface area contributed by atoms with E-state index >= 15 is 0 Å². The lowest BCUT2D eigenvalue weighted by molar-refractivity contribution is -0.114. The summed E-state index contributed by atoms with van der Waals surface area (Å²) < 4.78 is 0. The van der Waals surface area contributed by atoms with Crippen molar-refractivity contribution in [2.24, 2.45) is 0 Å². The van der Waals surface area contributed by atoms with Gasteiger partial charge in [-0.25, -0.2) is 0 Å². The van der Waals surface area contributed by atoms with Gasteiger partial charge in [0.05, 0.1) is 0 Å². The number of hydrogen-bond acceptors (Lipinski definition) is 1. The van der Waals surface area contributed by atoms with E-state index in [1.807, 2.05) is 0 Å². The Bertz CT molecular complexity index is 182. The van der Waals surface area contributed by atoms with Crippen molar-refractivity contribution < 1.29 is 4.79 Å². The highest BCUT2D eigenvalue weighted by atomic mass is 16.1. The summed E-state index contributed by atoms with van der Waals surface area (Å²) >= 11 is 0. The average Bonchev–Trinajstić information content (AvgIpc) is 2.30. The molecule has 0 radical (unpaired) electrons. The van der Waals surface area contributed by atoms with Gasteiger partial charge in [-0.3, -0.25) is 4.79 Å². The topological polar surface area (TPSA) is 17.1 Å². The molecule has 0 fully saturated rings. The largest absolute Gasteiger partial charge is 0.295 e. The first-order chi connectivity index (χ1) is 7.81. The number of rotatable bonds is 11. The van der Waals surface area contributed by atoms with E-state index in [1.165, 1.54) is 38.5 Å². The highest BCUT2D eigenvalue weighted by molar-refractivity contribution is 5.89. The molecule has 0 saturated carbocycles. The van der Waals surface area contributed by atoms with Gasteiger partial charge in [0.15, 0.2) is 5.78 Å². The minimum atomic E-state index is 0.299. The maximum absolute atomic E-state index is 11.3. The summed E-state index contributed by atoms with van der Waals surface area (Å²) in [4.78, 5) is 11.3. The van der Waals surface area contributed by atoms with Crippen LogP contribution in [0.15, 0.2) is 12.2 Å². The number of carbonyl (C=O) groups excluding carboxylic acids is 1. The average molecular weight is 224 g/mol. The predicted octanol–water partition coefficient (Wildman–Crippen LogP) is 5.05. The molecule has 0 unspecified atom stereocenters. The normalized spacial score (nSPS) is 11.1. The first kappa shape index (κ1) is 15.4. The molecule has 0 amide bonds. The fourth-order valence-electron chi connectivity index (χ4n) is 1.69. The second kappa shape index (κ2) is 12.5. The highest BCUT2D eigenvalue weighted by Gasteiger charge is 1.94. The molecule has 0 atom stereocenters. The third-order valence-corrected chi connectivity index (χ3v) is 2.80. The van der Waals surface area contributed by atoms with Gasteiger partial charge >= 0.3 is 0 Å². The summed E-state index contributed by atoms with van der Waals surface area (Å²) in [7, 11) is 0. The van der Waals surface area contributed by atoms with Gasteiger partial charge in [0, 0.05) is 6.42 Å². The van der Waals surface area contributed by atoms with Crippen LogP contribution in [0.5, 0.6) is 0 Å². The van der Waals surface area contributed by atoms with Gasteiger partial charge in [-0.05, 0) is 25.3 Å². The smallest absolute Gasteiger partial charge is 0.155 e. The zero-order valence-electron chi connectivity index (χ0n) is 11.1. The quantitative estimate of drug-likeness (QED) is 0.354. The lowest BCUT2D eigenvalue weighted by atomic mass is 10.1. The summed E-state index contributed by atoms with van der Waals surface area (Å²) in [6, 6.07) is 0. The summed E-state index contributed by atoms with van der Waals surface area (Å²) in [6.45, 7) is 4.36. The minimum absolute atomic E-state index is 0.299. The Labute approximate surface area is 101 Å². The van der Waals surface area contributed by atoms with Crippen LogP contribution in [0.2, 0.25) is 0 Å². The molecule has 0 aliphatic carbocycles. The van der Waals surface area contributed by atoms with E-state index in [1.54, 1.807) is 6.08 Å². The molecule has 0 N–H and O–H groups in total. The van der Waals surface area contributed by atoms with Gasteiger partial charge in [0.2, 0.25) is 0 Å². The van der Waals surface area contributed by atoms with Crippen LogP contribution in [0.25, 0.3) is 0 Å². The van der Waals surface area contributed by atoms with Crippen molar-refractivity contribution in [3.8, 4) is 0 Å². The van der Waals surface area contributed by atoms with Crippen molar-refractivity contribution in [1.29, 1.82) is 0 Å². The Hall–Kier alpha value is -0.590. The molecule has 0 rings (SSSR count). The van der Waals surface area contributed by atoms with Crippen LogP contribution in [0.4, 0.5) is 0 Å². The Morgan fingerprint density at radius 3 is 2.19 bits per heavy atom. The van der Waals surface area contributed by atoms with E-state index in [0.717, 1.165) is 25.7 Å². The SMILES string of the molecule is CCCCCCCC/C=C/C(=O)CCCC. The van der Waals surface area contributed by atoms with E-state index in [2.05, 4.69) is 19.9 Å². The zero-order valence-corrected chi connectivity index (χ0v) is 11.1. The minimum Gasteiger partial charge on any atom is -0.295 e. The van der Waals surface area contributed by atoms with Crippen LogP contribution in [-0.4, -0.2) is 5.78 Å². The third-order valence-electron chi connectivity index (χ3n) is 2.80. The van der Waals surface area contributed by atoms with Gasteiger partial charge in [-0.1, -0.05) is 58.4 Å². The molecule has 0 saturated heterocycles. The van der Waals surface area contributed by atoms with Gasteiger partial charge in [0.1, 0.15) is 0 Å². The summed E-state index contributed by atoms with van der Waals surface area (Å²) in [6.07, 6.45) is 15.7. The maximum atomic E-state index is 11.3. The van der Waals surface area contributed by atoms with E-state index in [9.17, 15) is 4.79 Å². The molecule has 0 aromatic rings. The molecule has 0 heterocycles. The summed E-state index contributed by atoms with van der Waals surface area (Å²) in [5.74, 6) is 0.299. The standard InChI is InChI=1S/C15H28O/c1-3-5-7-8-9-10-11-12-14-15(16)13-6-4-2/h12,14H,3-11,13H2,1-2H3/b14-12+. The van der Waals surface area contributed by atoms with Gasteiger partial charge < -0.3 is 0 Å². The fraction of sp³-hybridized carbons (Fsp3) is 0.800. The molecule has 94 valence electrons. The van der Waals surface area contributed by atoms with E-state index in [-0.39, 0.29) is 0 Å². The Morgan fingerprint density at radius 1 is 0.875 bits per heavy atom. The molecule has 0 aliphatic heterocycles. The highest BCUT2D eigenvalue weighted by Crippen LogP contribution is 2.07. The van der Waals surface area contributed by atoms with E-state index in [0.29, 0.717) is 5.78 Å².